The lowest BCUT2D eigenvalue weighted by Gasteiger charge is -2.32. The average Bonchev–Trinajstić information content (AvgIpc) is 2.76. The van der Waals surface area contributed by atoms with Crippen LogP contribution in [0.1, 0.15) is 10.4 Å². The van der Waals surface area contributed by atoms with E-state index in [-0.39, 0.29) is 11.7 Å². The number of amides is 1. The molecule has 0 saturated carbocycles. The Morgan fingerprint density at radius 2 is 1.80 bits per heavy atom. The van der Waals surface area contributed by atoms with Crippen LogP contribution in [0.3, 0.4) is 0 Å². The maximum atomic E-state index is 12.7. The van der Waals surface area contributed by atoms with Crippen molar-refractivity contribution in [1.29, 1.82) is 0 Å². The van der Waals surface area contributed by atoms with Crippen LogP contribution in [0.4, 0.5) is 11.5 Å². The summed E-state index contributed by atoms with van der Waals surface area (Å²) in [5.41, 5.74) is 2.71. The molecule has 154 valence electrons. The predicted octanol–water partition coefficient (Wildman–Crippen LogP) is 3.63. The van der Waals surface area contributed by atoms with Crippen molar-refractivity contribution >= 4 is 29.0 Å². The fraction of sp³-hybridized carbons (Fsp3) is 0.227. The van der Waals surface area contributed by atoms with Crippen LogP contribution in [0.15, 0.2) is 54.9 Å². The summed E-state index contributed by atoms with van der Waals surface area (Å²) in [6.07, 6.45) is 3.25. The highest BCUT2D eigenvalue weighted by atomic mass is 35.5. The largest absolute Gasteiger partial charge is 0.508 e. The Balaban J connectivity index is 1.49. The lowest BCUT2D eigenvalue weighted by atomic mass is 10.1. The number of nitrogens with one attached hydrogen (secondary N) is 1. The number of hydrogen-bond acceptors (Lipinski definition) is 6. The van der Waals surface area contributed by atoms with Crippen molar-refractivity contribution in [2.24, 2.45) is 0 Å². The molecule has 2 heterocycles. The minimum Gasteiger partial charge on any atom is -0.508 e. The minimum absolute atomic E-state index is 0.00864. The number of carbonyl (C=O) groups is 1. The normalized spacial score (nSPS) is 14.5. The predicted molar refractivity (Wildman–Crippen MR) is 117 cm³/mol. The molecule has 30 heavy (non-hydrogen) atoms. The van der Waals surface area contributed by atoms with Crippen LogP contribution < -0.4 is 5.32 Å². The number of phenols is 1. The van der Waals surface area contributed by atoms with Gasteiger partial charge in [-0.2, -0.15) is 0 Å². The van der Waals surface area contributed by atoms with Crippen molar-refractivity contribution in [2.75, 3.05) is 38.5 Å². The first-order valence-corrected chi connectivity index (χ1v) is 10.0. The summed E-state index contributed by atoms with van der Waals surface area (Å²) in [4.78, 5) is 25.6. The zero-order chi connectivity index (χ0) is 21.1. The Labute approximate surface area is 179 Å². The van der Waals surface area contributed by atoms with Crippen LogP contribution in [-0.4, -0.2) is 64.0 Å². The van der Waals surface area contributed by atoms with E-state index in [1.54, 1.807) is 54.9 Å². The molecular weight excluding hydrogens is 402 g/mol. The summed E-state index contributed by atoms with van der Waals surface area (Å²) in [6, 6.07) is 12.0. The van der Waals surface area contributed by atoms with Gasteiger partial charge in [0.15, 0.2) is 0 Å². The summed E-state index contributed by atoms with van der Waals surface area (Å²) >= 11 is 6.44. The van der Waals surface area contributed by atoms with E-state index in [1.807, 2.05) is 4.90 Å². The maximum Gasteiger partial charge on any atom is 0.253 e. The first kappa shape index (κ1) is 20.1. The highest BCUT2D eigenvalue weighted by Crippen LogP contribution is 2.27. The first-order valence-electron chi connectivity index (χ1n) is 9.65. The first-order chi connectivity index (χ1) is 14.5. The molecule has 4 rings (SSSR count). The number of rotatable bonds is 4. The molecule has 1 fully saturated rings. The van der Waals surface area contributed by atoms with E-state index in [0.717, 1.165) is 18.7 Å². The summed E-state index contributed by atoms with van der Waals surface area (Å²) in [7, 11) is 2.05. The highest BCUT2D eigenvalue weighted by molar-refractivity contribution is 6.33. The van der Waals surface area contributed by atoms with Gasteiger partial charge in [-0.25, -0.2) is 4.98 Å². The van der Waals surface area contributed by atoms with Crippen LogP contribution in [0, 0.1) is 0 Å². The Bertz CT molecular complexity index is 1050. The summed E-state index contributed by atoms with van der Waals surface area (Å²) < 4.78 is 0. The second-order valence-electron chi connectivity index (χ2n) is 7.25. The van der Waals surface area contributed by atoms with Gasteiger partial charge in [-0.1, -0.05) is 11.6 Å². The van der Waals surface area contributed by atoms with E-state index in [9.17, 15) is 9.90 Å². The number of likely N-dealkylation sites (N-methyl/N-ethyl adjacent to an activating group) is 1. The van der Waals surface area contributed by atoms with Gasteiger partial charge < -0.3 is 20.2 Å². The van der Waals surface area contributed by atoms with Crippen LogP contribution >= 0.6 is 11.6 Å². The van der Waals surface area contributed by atoms with Gasteiger partial charge in [-0.05, 0) is 49.5 Å². The third kappa shape index (κ3) is 4.53. The van der Waals surface area contributed by atoms with Crippen molar-refractivity contribution in [1.82, 2.24) is 19.8 Å². The molecule has 1 amide bonds. The van der Waals surface area contributed by atoms with Gasteiger partial charge in [0, 0.05) is 37.3 Å². The van der Waals surface area contributed by atoms with E-state index in [1.165, 1.54) is 0 Å². The van der Waals surface area contributed by atoms with Crippen molar-refractivity contribution in [3.05, 3.63) is 65.4 Å². The van der Waals surface area contributed by atoms with E-state index in [4.69, 9.17) is 11.6 Å². The minimum atomic E-state index is -0.00864. The summed E-state index contributed by atoms with van der Waals surface area (Å²) in [6.45, 7) is 3.17. The van der Waals surface area contributed by atoms with Crippen LogP contribution in [0.25, 0.3) is 11.3 Å². The molecule has 0 aliphatic carbocycles. The second-order valence-corrected chi connectivity index (χ2v) is 7.66. The Morgan fingerprint density at radius 3 is 2.50 bits per heavy atom. The molecule has 1 aliphatic heterocycles. The van der Waals surface area contributed by atoms with Gasteiger partial charge in [0.05, 0.1) is 28.8 Å². The highest BCUT2D eigenvalue weighted by Gasteiger charge is 2.21. The third-order valence-corrected chi connectivity index (χ3v) is 5.38. The molecular formula is C22H22ClN5O2. The lowest BCUT2D eigenvalue weighted by molar-refractivity contribution is 0.0664. The number of benzene rings is 2. The van der Waals surface area contributed by atoms with Crippen LogP contribution in [-0.2, 0) is 0 Å². The van der Waals surface area contributed by atoms with Crippen molar-refractivity contribution in [3.8, 4) is 17.0 Å². The van der Waals surface area contributed by atoms with E-state index < -0.39 is 0 Å². The quantitative estimate of drug-likeness (QED) is 0.666. The fourth-order valence-corrected chi connectivity index (χ4v) is 3.50. The third-order valence-electron chi connectivity index (χ3n) is 5.07. The average molecular weight is 424 g/mol. The second kappa shape index (κ2) is 8.69. The van der Waals surface area contributed by atoms with Crippen molar-refractivity contribution < 1.29 is 9.90 Å². The number of aromatic hydroxyl groups is 1. The van der Waals surface area contributed by atoms with E-state index in [2.05, 4.69) is 27.2 Å². The number of hydrogen-bond donors (Lipinski definition) is 2. The number of aromatic nitrogens is 2. The number of piperazine rings is 1. The van der Waals surface area contributed by atoms with E-state index in [0.29, 0.717) is 40.9 Å². The molecule has 0 spiro atoms. The molecule has 0 radical (unpaired) electrons. The number of anilines is 2. The molecule has 0 atom stereocenters. The number of phenolic OH excluding ortho intramolecular Hbond substituents is 1. The smallest absolute Gasteiger partial charge is 0.253 e. The standard InChI is InChI=1S/C22H22ClN5O2/c1-27-8-10-28(11-9-27)22(30)16-4-7-19(18(23)12-16)25-21-14-24-13-20(26-21)15-2-5-17(29)6-3-15/h2-7,12-14,29H,8-11H2,1H3,(H,25,26). The van der Waals surface area contributed by atoms with Gasteiger partial charge in [-0.15, -0.1) is 0 Å². The fourth-order valence-electron chi connectivity index (χ4n) is 3.28. The Kier molecular flexibility index (Phi) is 5.83. The molecule has 7 nitrogen and oxygen atoms in total. The molecule has 8 heteroatoms. The van der Waals surface area contributed by atoms with Gasteiger partial charge in [0.25, 0.3) is 5.91 Å². The Hall–Kier alpha value is -3.16. The van der Waals surface area contributed by atoms with Gasteiger partial charge >= 0.3 is 0 Å². The van der Waals surface area contributed by atoms with Crippen LogP contribution in [0.2, 0.25) is 5.02 Å². The molecule has 2 N–H and O–H groups in total. The molecule has 1 saturated heterocycles. The van der Waals surface area contributed by atoms with Crippen molar-refractivity contribution in [3.63, 3.8) is 0 Å². The lowest BCUT2D eigenvalue weighted by Crippen LogP contribution is -2.47. The van der Waals surface area contributed by atoms with Gasteiger partial charge in [0.1, 0.15) is 11.6 Å². The zero-order valence-electron chi connectivity index (χ0n) is 16.5. The van der Waals surface area contributed by atoms with E-state index >= 15 is 0 Å². The number of nitrogens with zero attached hydrogens (tertiary/aromatic N) is 4. The molecule has 0 bridgehead atoms. The number of halogens is 1. The van der Waals surface area contributed by atoms with Gasteiger partial charge in [0.2, 0.25) is 0 Å². The topological polar surface area (TPSA) is 81.6 Å². The van der Waals surface area contributed by atoms with Crippen molar-refractivity contribution in [2.45, 2.75) is 0 Å². The maximum absolute atomic E-state index is 12.7. The number of carbonyl (C=O) groups excluding carboxylic acids is 1. The summed E-state index contributed by atoms with van der Waals surface area (Å²) in [5.74, 6) is 0.713. The molecule has 1 aliphatic rings. The molecule has 2 aromatic carbocycles. The van der Waals surface area contributed by atoms with Gasteiger partial charge in [-0.3, -0.25) is 9.78 Å². The SMILES string of the molecule is CN1CCN(C(=O)c2ccc(Nc3cncc(-c4ccc(O)cc4)n3)c(Cl)c2)CC1. The zero-order valence-corrected chi connectivity index (χ0v) is 17.3. The Morgan fingerprint density at radius 1 is 1.07 bits per heavy atom. The molecule has 3 aromatic rings. The molecule has 1 aromatic heterocycles. The molecule has 0 unspecified atom stereocenters. The summed E-state index contributed by atoms with van der Waals surface area (Å²) in [5, 5.41) is 13.0. The van der Waals surface area contributed by atoms with Crippen LogP contribution in [0.5, 0.6) is 5.75 Å². The monoisotopic (exact) mass is 423 g/mol.